The first-order valence-corrected chi connectivity index (χ1v) is 4.78. The van der Waals surface area contributed by atoms with Gasteiger partial charge in [-0.2, -0.15) is 0 Å². The molecular weight excluding hydrogens is 174 g/mol. The highest BCUT2D eigenvalue weighted by Gasteiger charge is 2.10. The Labute approximate surface area is 84.1 Å². The molecule has 1 aliphatic heterocycles. The molecule has 0 atom stereocenters. The van der Waals surface area contributed by atoms with Crippen LogP contribution in [0.5, 0.6) is 0 Å². The van der Waals surface area contributed by atoms with Gasteiger partial charge in [0.1, 0.15) is 5.82 Å². The molecule has 0 aliphatic carbocycles. The van der Waals surface area contributed by atoms with E-state index in [0.717, 1.165) is 37.6 Å². The van der Waals surface area contributed by atoms with Crippen molar-refractivity contribution in [3.05, 3.63) is 23.9 Å². The molecule has 0 radical (unpaired) electrons. The molecule has 2 rings (SSSR count). The Morgan fingerprint density at radius 3 is 2.71 bits per heavy atom. The zero-order valence-corrected chi connectivity index (χ0v) is 8.03. The first-order chi connectivity index (χ1) is 6.90. The van der Waals surface area contributed by atoms with Crippen LogP contribution in [0.2, 0.25) is 0 Å². The number of hydrogen-bond donors (Lipinski definition) is 1. The van der Waals surface area contributed by atoms with E-state index in [1.54, 1.807) is 6.20 Å². The van der Waals surface area contributed by atoms with Crippen LogP contribution in [0.4, 0.5) is 5.82 Å². The molecular formula is C11H13N3. The smallest absolute Gasteiger partial charge is 0.128 e. The van der Waals surface area contributed by atoms with Gasteiger partial charge in [0.2, 0.25) is 0 Å². The van der Waals surface area contributed by atoms with E-state index < -0.39 is 0 Å². The summed E-state index contributed by atoms with van der Waals surface area (Å²) in [6.45, 7) is 4.09. The fourth-order valence-electron chi connectivity index (χ4n) is 1.55. The fraction of sp³-hybridized carbons (Fsp3) is 0.364. The lowest BCUT2D eigenvalue weighted by Crippen LogP contribution is -2.43. The number of aromatic nitrogens is 1. The second kappa shape index (κ2) is 4.12. The van der Waals surface area contributed by atoms with Gasteiger partial charge in [-0.15, -0.1) is 6.42 Å². The standard InChI is InChI=1S/C11H13N3/c1-2-10-3-4-11(13-9-10)14-7-5-12-6-8-14/h1,3-4,9,12H,5-8H2. The summed E-state index contributed by atoms with van der Waals surface area (Å²) >= 11 is 0. The van der Waals surface area contributed by atoms with Crippen molar-refractivity contribution in [2.24, 2.45) is 0 Å². The van der Waals surface area contributed by atoms with Gasteiger partial charge in [-0.3, -0.25) is 0 Å². The van der Waals surface area contributed by atoms with Crippen LogP contribution in [0.1, 0.15) is 5.56 Å². The molecule has 3 heteroatoms. The molecule has 2 heterocycles. The van der Waals surface area contributed by atoms with Gasteiger partial charge in [0.15, 0.2) is 0 Å². The van der Waals surface area contributed by atoms with Gasteiger partial charge in [0.05, 0.1) is 0 Å². The number of nitrogens with zero attached hydrogens (tertiary/aromatic N) is 2. The van der Waals surface area contributed by atoms with E-state index in [-0.39, 0.29) is 0 Å². The van der Waals surface area contributed by atoms with Crippen molar-refractivity contribution >= 4 is 5.82 Å². The van der Waals surface area contributed by atoms with Gasteiger partial charge >= 0.3 is 0 Å². The van der Waals surface area contributed by atoms with Crippen molar-refractivity contribution in [1.29, 1.82) is 0 Å². The lowest BCUT2D eigenvalue weighted by Gasteiger charge is -2.28. The molecule has 0 bridgehead atoms. The van der Waals surface area contributed by atoms with Crippen LogP contribution in [-0.4, -0.2) is 31.2 Å². The van der Waals surface area contributed by atoms with E-state index in [9.17, 15) is 0 Å². The molecule has 1 aliphatic rings. The summed E-state index contributed by atoms with van der Waals surface area (Å²) in [5.74, 6) is 3.58. The monoisotopic (exact) mass is 187 g/mol. The van der Waals surface area contributed by atoms with Gasteiger partial charge in [-0.05, 0) is 12.1 Å². The third-order valence-electron chi connectivity index (χ3n) is 2.36. The quantitative estimate of drug-likeness (QED) is 0.648. The van der Waals surface area contributed by atoms with Crippen molar-refractivity contribution in [2.45, 2.75) is 0 Å². The summed E-state index contributed by atoms with van der Waals surface area (Å²) in [5.41, 5.74) is 0.837. The van der Waals surface area contributed by atoms with Gasteiger partial charge in [-0.25, -0.2) is 4.98 Å². The maximum atomic E-state index is 5.26. The average molecular weight is 187 g/mol. The van der Waals surface area contributed by atoms with E-state index in [4.69, 9.17) is 6.42 Å². The van der Waals surface area contributed by atoms with Gasteiger partial charge in [-0.1, -0.05) is 5.92 Å². The van der Waals surface area contributed by atoms with Crippen LogP contribution in [0.25, 0.3) is 0 Å². The Hall–Kier alpha value is -1.53. The predicted molar refractivity (Wildman–Crippen MR) is 57.3 cm³/mol. The van der Waals surface area contributed by atoms with Crippen molar-refractivity contribution in [1.82, 2.24) is 10.3 Å². The summed E-state index contributed by atoms with van der Waals surface area (Å²) in [7, 11) is 0. The average Bonchev–Trinajstić information content (AvgIpc) is 2.30. The lowest BCUT2D eigenvalue weighted by atomic mass is 10.3. The highest BCUT2D eigenvalue weighted by Crippen LogP contribution is 2.11. The lowest BCUT2D eigenvalue weighted by molar-refractivity contribution is 0.585. The molecule has 72 valence electrons. The SMILES string of the molecule is C#Cc1ccc(N2CCNCC2)nc1. The minimum atomic E-state index is 0.837. The fourth-order valence-corrected chi connectivity index (χ4v) is 1.55. The van der Waals surface area contributed by atoms with E-state index in [2.05, 4.69) is 21.1 Å². The summed E-state index contributed by atoms with van der Waals surface area (Å²) in [6, 6.07) is 3.92. The van der Waals surface area contributed by atoms with Crippen molar-refractivity contribution < 1.29 is 0 Å². The summed E-state index contributed by atoms with van der Waals surface area (Å²) in [6.07, 6.45) is 7.01. The second-order valence-electron chi connectivity index (χ2n) is 3.29. The molecule has 1 aromatic heterocycles. The molecule has 0 amide bonds. The Morgan fingerprint density at radius 2 is 2.14 bits per heavy atom. The van der Waals surface area contributed by atoms with Crippen LogP contribution in [0.3, 0.4) is 0 Å². The molecule has 1 saturated heterocycles. The molecule has 0 aromatic carbocycles. The minimum Gasteiger partial charge on any atom is -0.354 e. The minimum absolute atomic E-state index is 0.837. The van der Waals surface area contributed by atoms with Crippen molar-refractivity contribution in [3.8, 4) is 12.3 Å². The van der Waals surface area contributed by atoms with Crippen LogP contribution < -0.4 is 10.2 Å². The topological polar surface area (TPSA) is 28.2 Å². The molecule has 0 unspecified atom stereocenters. The van der Waals surface area contributed by atoms with Gasteiger partial charge in [0, 0.05) is 37.9 Å². The van der Waals surface area contributed by atoms with Crippen LogP contribution >= 0.6 is 0 Å². The Bertz CT molecular complexity index is 331. The van der Waals surface area contributed by atoms with Crippen LogP contribution in [0.15, 0.2) is 18.3 Å². The van der Waals surface area contributed by atoms with E-state index in [1.165, 1.54) is 0 Å². The highest BCUT2D eigenvalue weighted by molar-refractivity contribution is 5.43. The summed E-state index contributed by atoms with van der Waals surface area (Å²) in [5, 5.41) is 3.31. The maximum Gasteiger partial charge on any atom is 0.128 e. The second-order valence-corrected chi connectivity index (χ2v) is 3.29. The number of terminal acetylenes is 1. The zero-order chi connectivity index (χ0) is 9.80. The van der Waals surface area contributed by atoms with Crippen LogP contribution in [0, 0.1) is 12.3 Å². The van der Waals surface area contributed by atoms with Gasteiger partial charge in [0.25, 0.3) is 0 Å². The number of nitrogens with one attached hydrogen (secondary N) is 1. The molecule has 14 heavy (non-hydrogen) atoms. The summed E-state index contributed by atoms with van der Waals surface area (Å²) < 4.78 is 0. The number of rotatable bonds is 1. The third kappa shape index (κ3) is 1.86. The zero-order valence-electron chi connectivity index (χ0n) is 8.03. The van der Waals surface area contributed by atoms with E-state index in [1.807, 2.05) is 12.1 Å². The number of pyridine rings is 1. The molecule has 3 nitrogen and oxygen atoms in total. The number of anilines is 1. The van der Waals surface area contributed by atoms with E-state index >= 15 is 0 Å². The number of piperazine rings is 1. The van der Waals surface area contributed by atoms with Crippen molar-refractivity contribution in [3.63, 3.8) is 0 Å². The van der Waals surface area contributed by atoms with E-state index in [0.29, 0.717) is 0 Å². The first kappa shape index (κ1) is 9.04. The normalized spacial score (nSPS) is 16.4. The van der Waals surface area contributed by atoms with Gasteiger partial charge < -0.3 is 10.2 Å². The number of hydrogen-bond acceptors (Lipinski definition) is 3. The highest BCUT2D eigenvalue weighted by atomic mass is 15.2. The Morgan fingerprint density at radius 1 is 1.36 bits per heavy atom. The molecule has 1 N–H and O–H groups in total. The maximum absolute atomic E-state index is 5.26. The first-order valence-electron chi connectivity index (χ1n) is 4.78. The Balaban J connectivity index is 2.12. The summed E-state index contributed by atoms with van der Waals surface area (Å²) in [4.78, 5) is 6.59. The van der Waals surface area contributed by atoms with Crippen LogP contribution in [-0.2, 0) is 0 Å². The Kier molecular flexibility index (Phi) is 2.66. The predicted octanol–water partition coefficient (Wildman–Crippen LogP) is 0.472. The molecule has 0 spiro atoms. The molecule has 1 aromatic rings. The molecule has 1 fully saturated rings. The van der Waals surface area contributed by atoms with Crippen molar-refractivity contribution in [2.75, 3.05) is 31.1 Å². The third-order valence-corrected chi connectivity index (χ3v) is 2.36. The molecule has 0 saturated carbocycles. The largest absolute Gasteiger partial charge is 0.354 e.